The summed E-state index contributed by atoms with van der Waals surface area (Å²) in [5, 5.41) is 0. The molecule has 2 N–H and O–H groups in total. The second-order valence-electron chi connectivity index (χ2n) is 7.70. The minimum Gasteiger partial charge on any atom is -0.271 e. The summed E-state index contributed by atoms with van der Waals surface area (Å²) < 4.78 is 28.2. The number of pyridine rings is 1. The summed E-state index contributed by atoms with van der Waals surface area (Å²) in [5.74, 6) is -0.896. The van der Waals surface area contributed by atoms with Crippen LogP contribution in [0.3, 0.4) is 0 Å². The van der Waals surface area contributed by atoms with Gasteiger partial charge in [0.2, 0.25) is 10.0 Å². The monoisotopic (exact) mass is 428 g/mol. The first-order valence-corrected chi connectivity index (χ1v) is 11.5. The SMILES string of the molecule is O=C(NNC(=O)C1CC2CCCCC2N1S(=O)(=O)c1ccccc1)c1cccnc1. The zero-order valence-electron chi connectivity index (χ0n) is 16.4. The minimum atomic E-state index is -3.84. The summed E-state index contributed by atoms with van der Waals surface area (Å²) in [7, 11) is -3.84. The first-order chi connectivity index (χ1) is 14.5. The van der Waals surface area contributed by atoms with Gasteiger partial charge in [-0.15, -0.1) is 0 Å². The zero-order valence-corrected chi connectivity index (χ0v) is 17.2. The Labute approximate surface area is 175 Å². The Balaban J connectivity index is 1.55. The highest BCUT2D eigenvalue weighted by Gasteiger charge is 2.51. The normalized spacial score (nSPS) is 24.1. The number of carbonyl (C=O) groups is 2. The lowest BCUT2D eigenvalue weighted by atomic mass is 9.85. The van der Waals surface area contributed by atoms with E-state index in [1.807, 2.05) is 0 Å². The van der Waals surface area contributed by atoms with Gasteiger partial charge in [-0.3, -0.25) is 25.4 Å². The topological polar surface area (TPSA) is 108 Å². The smallest absolute Gasteiger partial charge is 0.271 e. The maximum Gasteiger partial charge on any atom is 0.271 e. The third-order valence-electron chi connectivity index (χ3n) is 5.87. The number of sulfonamides is 1. The molecule has 2 heterocycles. The molecule has 3 atom stereocenters. The van der Waals surface area contributed by atoms with Gasteiger partial charge < -0.3 is 0 Å². The summed E-state index contributed by atoms with van der Waals surface area (Å²) in [6.45, 7) is 0. The van der Waals surface area contributed by atoms with Crippen LogP contribution in [0.5, 0.6) is 0 Å². The van der Waals surface area contributed by atoms with Gasteiger partial charge in [-0.05, 0) is 49.4 Å². The van der Waals surface area contributed by atoms with Crippen LogP contribution in [0, 0.1) is 5.92 Å². The average molecular weight is 429 g/mol. The molecule has 2 amide bonds. The maximum atomic E-state index is 13.4. The lowest BCUT2D eigenvalue weighted by Crippen LogP contribution is -2.53. The standard InChI is InChI=1S/C21H24N4O4S/c26-20(16-8-6-12-22-14-16)23-24-21(27)19-13-15-7-4-5-11-18(15)25(19)30(28,29)17-9-2-1-3-10-17/h1-3,6,8-10,12,14-15,18-19H,4-5,7,11,13H2,(H,23,26)(H,24,27). The second-order valence-corrected chi connectivity index (χ2v) is 9.54. The molecule has 1 aromatic heterocycles. The quantitative estimate of drug-likeness (QED) is 0.723. The van der Waals surface area contributed by atoms with E-state index in [9.17, 15) is 18.0 Å². The van der Waals surface area contributed by atoms with Crippen molar-refractivity contribution in [2.45, 2.75) is 49.1 Å². The van der Waals surface area contributed by atoms with Crippen molar-refractivity contribution in [1.82, 2.24) is 20.1 Å². The molecule has 1 aliphatic heterocycles. The molecule has 1 aliphatic carbocycles. The maximum absolute atomic E-state index is 13.4. The first kappa shape index (κ1) is 20.5. The van der Waals surface area contributed by atoms with Crippen LogP contribution >= 0.6 is 0 Å². The molecule has 2 fully saturated rings. The largest absolute Gasteiger partial charge is 0.271 e. The van der Waals surface area contributed by atoms with Crippen molar-refractivity contribution < 1.29 is 18.0 Å². The van der Waals surface area contributed by atoms with Crippen LogP contribution < -0.4 is 10.9 Å². The van der Waals surface area contributed by atoms with Crippen molar-refractivity contribution in [2.24, 2.45) is 5.92 Å². The molecule has 0 spiro atoms. The molecular weight excluding hydrogens is 404 g/mol. The third kappa shape index (κ3) is 3.95. The molecule has 30 heavy (non-hydrogen) atoms. The van der Waals surface area contributed by atoms with Gasteiger partial charge in [0.25, 0.3) is 11.8 Å². The van der Waals surface area contributed by atoms with E-state index in [1.54, 1.807) is 48.7 Å². The van der Waals surface area contributed by atoms with E-state index in [0.29, 0.717) is 12.0 Å². The van der Waals surface area contributed by atoms with E-state index in [-0.39, 0.29) is 16.9 Å². The van der Waals surface area contributed by atoms with Gasteiger partial charge in [0.1, 0.15) is 6.04 Å². The van der Waals surface area contributed by atoms with Crippen molar-refractivity contribution in [3.05, 3.63) is 60.4 Å². The van der Waals surface area contributed by atoms with Crippen LogP contribution in [0.4, 0.5) is 0 Å². The Morgan fingerprint density at radius 1 is 1.00 bits per heavy atom. The molecule has 3 unspecified atom stereocenters. The van der Waals surface area contributed by atoms with E-state index in [2.05, 4.69) is 15.8 Å². The fraction of sp³-hybridized carbons (Fsp3) is 0.381. The van der Waals surface area contributed by atoms with E-state index in [4.69, 9.17) is 0 Å². The zero-order chi connectivity index (χ0) is 21.1. The molecule has 2 aliphatic rings. The number of aromatic nitrogens is 1. The average Bonchev–Trinajstić information content (AvgIpc) is 3.19. The fourth-order valence-corrected chi connectivity index (χ4v) is 6.37. The number of hydrogen-bond acceptors (Lipinski definition) is 5. The van der Waals surface area contributed by atoms with Crippen molar-refractivity contribution >= 4 is 21.8 Å². The number of carbonyl (C=O) groups excluding carboxylic acids is 2. The molecule has 158 valence electrons. The number of fused-ring (bicyclic) bond motifs is 1. The van der Waals surface area contributed by atoms with Crippen LogP contribution in [-0.4, -0.2) is 41.6 Å². The number of amides is 2. The summed E-state index contributed by atoms with van der Waals surface area (Å²) in [6, 6.07) is 10.3. The number of hydrogen-bond donors (Lipinski definition) is 2. The Bertz CT molecular complexity index is 1010. The number of hydrazine groups is 1. The second kappa shape index (κ2) is 8.53. The minimum absolute atomic E-state index is 0.141. The summed E-state index contributed by atoms with van der Waals surface area (Å²) >= 11 is 0. The van der Waals surface area contributed by atoms with Gasteiger partial charge in [0, 0.05) is 18.4 Å². The fourth-order valence-electron chi connectivity index (χ4n) is 4.47. The lowest BCUT2D eigenvalue weighted by molar-refractivity contribution is -0.125. The first-order valence-electron chi connectivity index (χ1n) is 10.1. The molecule has 0 bridgehead atoms. The number of nitrogens with zero attached hydrogens (tertiary/aromatic N) is 2. The van der Waals surface area contributed by atoms with Crippen molar-refractivity contribution in [1.29, 1.82) is 0 Å². The Morgan fingerprint density at radius 2 is 1.77 bits per heavy atom. The summed E-state index contributed by atoms with van der Waals surface area (Å²) in [4.78, 5) is 29.2. The molecule has 4 rings (SSSR count). The van der Waals surface area contributed by atoms with Gasteiger partial charge >= 0.3 is 0 Å². The number of benzene rings is 1. The molecule has 1 saturated carbocycles. The highest BCUT2D eigenvalue weighted by Crippen LogP contribution is 2.42. The van der Waals surface area contributed by atoms with Crippen molar-refractivity contribution in [2.75, 3.05) is 0 Å². The molecule has 1 saturated heterocycles. The van der Waals surface area contributed by atoms with Gasteiger partial charge in [-0.25, -0.2) is 8.42 Å². The van der Waals surface area contributed by atoms with Gasteiger partial charge in [0.05, 0.1) is 10.5 Å². The Kier molecular flexibility index (Phi) is 5.83. The van der Waals surface area contributed by atoms with Gasteiger partial charge in [0.15, 0.2) is 0 Å². The van der Waals surface area contributed by atoms with E-state index < -0.39 is 27.9 Å². The molecule has 2 aromatic rings. The summed E-state index contributed by atoms with van der Waals surface area (Å²) in [6.07, 6.45) is 6.99. The molecule has 0 radical (unpaired) electrons. The lowest BCUT2D eigenvalue weighted by Gasteiger charge is -2.32. The van der Waals surface area contributed by atoms with Crippen LogP contribution in [0.25, 0.3) is 0 Å². The summed E-state index contributed by atoms with van der Waals surface area (Å²) in [5.41, 5.74) is 5.08. The van der Waals surface area contributed by atoms with Gasteiger partial charge in [-0.2, -0.15) is 4.31 Å². The highest BCUT2D eigenvalue weighted by molar-refractivity contribution is 7.89. The molecule has 9 heteroatoms. The van der Waals surface area contributed by atoms with Crippen LogP contribution in [0.15, 0.2) is 59.8 Å². The number of nitrogens with one attached hydrogen (secondary N) is 2. The van der Waals surface area contributed by atoms with Crippen molar-refractivity contribution in [3.63, 3.8) is 0 Å². The Hall–Kier alpha value is -2.78. The molecule has 8 nitrogen and oxygen atoms in total. The van der Waals surface area contributed by atoms with Crippen molar-refractivity contribution in [3.8, 4) is 0 Å². The van der Waals surface area contributed by atoms with Crippen LogP contribution in [-0.2, 0) is 14.8 Å². The van der Waals surface area contributed by atoms with E-state index in [1.165, 1.54) is 10.5 Å². The predicted octanol–water partition coefficient (Wildman–Crippen LogP) is 1.86. The third-order valence-corrected chi connectivity index (χ3v) is 7.82. The predicted molar refractivity (Wildman–Crippen MR) is 109 cm³/mol. The molecular formula is C21H24N4O4S. The number of rotatable bonds is 4. The molecule has 1 aromatic carbocycles. The van der Waals surface area contributed by atoms with Gasteiger partial charge in [-0.1, -0.05) is 31.0 Å². The van der Waals surface area contributed by atoms with Crippen LogP contribution in [0.2, 0.25) is 0 Å². The van der Waals surface area contributed by atoms with E-state index in [0.717, 1.165) is 25.7 Å². The van der Waals surface area contributed by atoms with E-state index >= 15 is 0 Å². The van der Waals surface area contributed by atoms with Crippen LogP contribution in [0.1, 0.15) is 42.5 Å². The highest BCUT2D eigenvalue weighted by atomic mass is 32.2. The Morgan fingerprint density at radius 3 is 2.50 bits per heavy atom.